The zero-order valence-electron chi connectivity index (χ0n) is 15.0. The second kappa shape index (κ2) is 7.12. The Morgan fingerprint density at radius 1 is 1.35 bits per heavy atom. The highest BCUT2D eigenvalue weighted by Crippen LogP contribution is 2.25. The number of fused-ring (bicyclic) bond motifs is 1. The first kappa shape index (κ1) is 17.9. The summed E-state index contributed by atoms with van der Waals surface area (Å²) in [5.41, 5.74) is 7.22. The average Bonchev–Trinajstić information content (AvgIpc) is 2.95. The van der Waals surface area contributed by atoms with E-state index in [0.29, 0.717) is 18.1 Å². The van der Waals surface area contributed by atoms with E-state index in [0.717, 1.165) is 22.9 Å². The van der Waals surface area contributed by atoms with Crippen molar-refractivity contribution in [1.82, 2.24) is 19.5 Å². The Bertz CT molecular complexity index is 993. The molecule has 0 fully saturated rings. The molecule has 0 spiro atoms. The molecular weight excluding hydrogens is 330 g/mol. The molecule has 3 aromatic heterocycles. The fourth-order valence-electron chi connectivity index (χ4n) is 2.57. The van der Waals surface area contributed by atoms with Gasteiger partial charge >= 0.3 is 0 Å². The molecule has 0 unspecified atom stereocenters. The predicted octanol–water partition coefficient (Wildman–Crippen LogP) is 1.71. The first-order valence-corrected chi connectivity index (χ1v) is 8.21. The van der Waals surface area contributed by atoms with Crippen LogP contribution in [-0.4, -0.2) is 43.9 Å². The summed E-state index contributed by atoms with van der Waals surface area (Å²) in [5.74, 6) is 6.57. The third-order valence-corrected chi connectivity index (χ3v) is 3.75. The van der Waals surface area contributed by atoms with E-state index in [2.05, 4.69) is 26.8 Å². The van der Waals surface area contributed by atoms with Crippen molar-refractivity contribution in [2.75, 3.05) is 19.5 Å². The largest absolute Gasteiger partial charge is 0.384 e. The molecule has 3 rings (SSSR count). The highest BCUT2D eigenvalue weighted by molar-refractivity contribution is 5.85. The Labute approximate surface area is 151 Å². The Balaban J connectivity index is 2.16. The van der Waals surface area contributed by atoms with E-state index in [4.69, 9.17) is 10.5 Å². The normalized spacial score (nSPS) is 11.4. The highest BCUT2D eigenvalue weighted by Gasteiger charge is 2.13. The summed E-state index contributed by atoms with van der Waals surface area (Å²) < 4.78 is 7.14. The molecule has 3 aromatic rings. The standard InChI is InChI=1S/C19H21N5O2/c1-19(2,25)7-4-14-10-16-15(11-22-14)13(6-9-26-3)12-24(16)17-5-8-21-18(20)23-17/h5,8,10-12,25H,6,9H2,1-3H3,(H2,20,21,23). The minimum absolute atomic E-state index is 0.207. The second-order valence-electron chi connectivity index (χ2n) is 6.44. The highest BCUT2D eigenvalue weighted by atomic mass is 16.5. The van der Waals surface area contributed by atoms with Gasteiger partial charge in [0.25, 0.3) is 0 Å². The van der Waals surface area contributed by atoms with E-state index in [-0.39, 0.29) is 5.95 Å². The number of nitrogens with two attached hydrogens (primary N) is 1. The van der Waals surface area contributed by atoms with Crippen LogP contribution >= 0.6 is 0 Å². The van der Waals surface area contributed by atoms with Crippen LogP contribution in [0, 0.1) is 11.8 Å². The van der Waals surface area contributed by atoms with Gasteiger partial charge in [-0.3, -0.25) is 0 Å². The maximum atomic E-state index is 9.81. The molecule has 0 saturated heterocycles. The summed E-state index contributed by atoms with van der Waals surface area (Å²) in [7, 11) is 1.67. The van der Waals surface area contributed by atoms with E-state index in [1.807, 2.05) is 16.8 Å². The maximum absolute atomic E-state index is 9.81. The molecule has 7 nitrogen and oxygen atoms in total. The molecule has 0 saturated carbocycles. The lowest BCUT2D eigenvalue weighted by Gasteiger charge is -2.06. The van der Waals surface area contributed by atoms with E-state index >= 15 is 0 Å². The molecule has 26 heavy (non-hydrogen) atoms. The molecule has 134 valence electrons. The first-order valence-electron chi connectivity index (χ1n) is 8.21. The third kappa shape index (κ3) is 3.99. The maximum Gasteiger partial charge on any atom is 0.221 e. The third-order valence-electron chi connectivity index (χ3n) is 3.75. The number of ether oxygens (including phenoxy) is 1. The van der Waals surface area contributed by atoms with Gasteiger partial charge < -0.3 is 20.1 Å². The smallest absolute Gasteiger partial charge is 0.221 e. The Morgan fingerprint density at radius 3 is 2.85 bits per heavy atom. The van der Waals surface area contributed by atoms with E-state index in [9.17, 15) is 5.11 Å². The van der Waals surface area contributed by atoms with Crippen LogP contribution in [0.2, 0.25) is 0 Å². The number of rotatable bonds is 4. The number of hydrogen-bond acceptors (Lipinski definition) is 6. The van der Waals surface area contributed by atoms with Crippen molar-refractivity contribution in [3.8, 4) is 17.7 Å². The van der Waals surface area contributed by atoms with Crippen LogP contribution in [0.15, 0.2) is 30.7 Å². The summed E-state index contributed by atoms with van der Waals surface area (Å²) in [6, 6.07) is 3.67. The molecule has 3 heterocycles. The predicted molar refractivity (Wildman–Crippen MR) is 99.8 cm³/mol. The van der Waals surface area contributed by atoms with Crippen molar-refractivity contribution in [2.45, 2.75) is 25.9 Å². The van der Waals surface area contributed by atoms with Gasteiger partial charge in [-0.25, -0.2) is 9.97 Å². The lowest BCUT2D eigenvalue weighted by molar-refractivity contribution is 0.143. The van der Waals surface area contributed by atoms with E-state index < -0.39 is 5.60 Å². The number of methoxy groups -OCH3 is 1. The zero-order chi connectivity index (χ0) is 18.7. The topological polar surface area (TPSA) is 99.1 Å². The minimum Gasteiger partial charge on any atom is -0.384 e. The molecule has 0 aliphatic rings. The van der Waals surface area contributed by atoms with Crippen LogP contribution in [0.1, 0.15) is 25.1 Å². The number of pyridine rings is 1. The molecule has 0 aliphatic heterocycles. The van der Waals surface area contributed by atoms with Crippen molar-refractivity contribution < 1.29 is 9.84 Å². The van der Waals surface area contributed by atoms with Gasteiger partial charge in [0.2, 0.25) is 5.95 Å². The first-order chi connectivity index (χ1) is 12.4. The van der Waals surface area contributed by atoms with Gasteiger partial charge in [0.1, 0.15) is 17.1 Å². The van der Waals surface area contributed by atoms with Gasteiger partial charge in [0.05, 0.1) is 12.1 Å². The lowest BCUT2D eigenvalue weighted by atomic mass is 10.1. The summed E-state index contributed by atoms with van der Waals surface area (Å²) >= 11 is 0. The number of nitrogen functional groups attached to an aromatic ring is 1. The van der Waals surface area contributed by atoms with Crippen molar-refractivity contribution >= 4 is 16.9 Å². The average molecular weight is 351 g/mol. The second-order valence-corrected chi connectivity index (χ2v) is 6.44. The summed E-state index contributed by atoms with van der Waals surface area (Å²) in [6.45, 7) is 3.87. The van der Waals surface area contributed by atoms with Crippen molar-refractivity contribution in [1.29, 1.82) is 0 Å². The van der Waals surface area contributed by atoms with Gasteiger partial charge in [-0.2, -0.15) is 4.98 Å². The molecule has 3 N–H and O–H groups in total. The number of anilines is 1. The quantitative estimate of drug-likeness (QED) is 0.694. The molecule has 0 atom stereocenters. The van der Waals surface area contributed by atoms with Gasteiger partial charge in [-0.15, -0.1) is 0 Å². The van der Waals surface area contributed by atoms with Crippen LogP contribution < -0.4 is 5.73 Å². The van der Waals surface area contributed by atoms with E-state index in [1.54, 1.807) is 39.4 Å². The molecule has 0 radical (unpaired) electrons. The summed E-state index contributed by atoms with van der Waals surface area (Å²) in [4.78, 5) is 12.7. The van der Waals surface area contributed by atoms with Gasteiger partial charge in [0.15, 0.2) is 0 Å². The number of hydrogen-bond donors (Lipinski definition) is 2. The monoisotopic (exact) mass is 351 g/mol. The Hall–Kier alpha value is -2.95. The summed E-state index contributed by atoms with van der Waals surface area (Å²) in [5, 5.41) is 10.8. The van der Waals surface area contributed by atoms with Crippen molar-refractivity contribution in [3.63, 3.8) is 0 Å². The van der Waals surface area contributed by atoms with Crippen LogP contribution in [-0.2, 0) is 11.2 Å². The zero-order valence-corrected chi connectivity index (χ0v) is 15.0. The van der Waals surface area contributed by atoms with Crippen LogP contribution in [0.5, 0.6) is 0 Å². The number of aliphatic hydroxyl groups is 1. The van der Waals surface area contributed by atoms with Gasteiger partial charge in [0, 0.05) is 31.1 Å². The van der Waals surface area contributed by atoms with Crippen LogP contribution in [0.4, 0.5) is 5.95 Å². The van der Waals surface area contributed by atoms with Crippen LogP contribution in [0.3, 0.4) is 0 Å². The molecule has 7 heteroatoms. The Kier molecular flexibility index (Phi) is 4.89. The SMILES string of the molecule is COCCc1cn(-c2ccnc(N)n2)c2cc(C#CC(C)(C)O)ncc12. The van der Waals surface area contributed by atoms with Crippen LogP contribution in [0.25, 0.3) is 16.7 Å². The van der Waals surface area contributed by atoms with E-state index in [1.165, 1.54) is 0 Å². The summed E-state index contributed by atoms with van der Waals surface area (Å²) in [6.07, 6.45) is 6.15. The molecule has 0 aromatic carbocycles. The Morgan fingerprint density at radius 2 is 2.15 bits per heavy atom. The fraction of sp³-hybridized carbons (Fsp3) is 0.316. The lowest BCUT2D eigenvalue weighted by Crippen LogP contribution is -2.14. The van der Waals surface area contributed by atoms with Crippen molar-refractivity contribution in [3.05, 3.63) is 42.0 Å². The van der Waals surface area contributed by atoms with Gasteiger partial charge in [-0.05, 0) is 43.9 Å². The molecular formula is C19H21N5O2. The molecule has 0 amide bonds. The molecule has 0 aliphatic carbocycles. The van der Waals surface area contributed by atoms with Crippen molar-refractivity contribution in [2.24, 2.45) is 0 Å². The number of nitrogens with zero attached hydrogens (tertiary/aromatic N) is 4. The molecule has 0 bridgehead atoms. The fourth-order valence-corrected chi connectivity index (χ4v) is 2.57. The number of aromatic nitrogens is 4. The minimum atomic E-state index is -1.08. The van der Waals surface area contributed by atoms with Gasteiger partial charge in [-0.1, -0.05) is 5.92 Å².